The maximum Gasteiger partial charge on any atom is 0.328 e. The smallest absolute Gasteiger partial charge is 0.328 e. The van der Waals surface area contributed by atoms with Crippen LogP contribution in [-0.4, -0.2) is 38.6 Å². The van der Waals surface area contributed by atoms with Crippen molar-refractivity contribution >= 4 is 23.8 Å². The quantitative estimate of drug-likeness (QED) is 0.673. The van der Waals surface area contributed by atoms with E-state index in [2.05, 4.69) is 4.98 Å². The van der Waals surface area contributed by atoms with Gasteiger partial charge < -0.3 is 14.9 Å². The molecular weight excluding hydrogens is 268 g/mol. The zero-order valence-corrected chi connectivity index (χ0v) is 10.2. The van der Waals surface area contributed by atoms with Gasteiger partial charge in [-0.15, -0.1) is 0 Å². The van der Waals surface area contributed by atoms with E-state index in [1.807, 2.05) is 0 Å². The molecule has 1 aliphatic rings. The molecule has 3 atom stereocenters. The van der Waals surface area contributed by atoms with Crippen molar-refractivity contribution in [1.29, 1.82) is 0 Å². The van der Waals surface area contributed by atoms with Crippen LogP contribution in [0.3, 0.4) is 0 Å². The van der Waals surface area contributed by atoms with Gasteiger partial charge in [0, 0.05) is 12.6 Å². The molecule has 0 saturated carbocycles. The van der Waals surface area contributed by atoms with Gasteiger partial charge in [-0.1, -0.05) is 23.8 Å². The summed E-state index contributed by atoms with van der Waals surface area (Å²) in [6.45, 7) is -0.303. The number of aliphatic hydroxyl groups excluding tert-OH is 2. The lowest BCUT2D eigenvalue weighted by molar-refractivity contribution is -0.0458. The van der Waals surface area contributed by atoms with Crippen molar-refractivity contribution < 1.29 is 14.9 Å². The van der Waals surface area contributed by atoms with E-state index < -0.39 is 24.1 Å². The molecule has 17 heavy (non-hydrogen) atoms. The Labute approximate surface area is 106 Å². The second-order valence-corrected chi connectivity index (χ2v) is 4.57. The highest BCUT2D eigenvalue weighted by Gasteiger charge is 2.34. The van der Waals surface area contributed by atoms with Crippen molar-refractivity contribution in [3.63, 3.8) is 0 Å². The summed E-state index contributed by atoms with van der Waals surface area (Å²) in [6.07, 6.45) is -0.571. The Morgan fingerprint density at radius 3 is 3.00 bits per heavy atom. The van der Waals surface area contributed by atoms with Crippen LogP contribution < -0.4 is 5.69 Å². The van der Waals surface area contributed by atoms with E-state index in [0.717, 1.165) is 0 Å². The van der Waals surface area contributed by atoms with Gasteiger partial charge in [0.15, 0.2) is 0 Å². The molecule has 1 aromatic heterocycles. The highest BCUT2D eigenvalue weighted by molar-refractivity contribution is 7.71. The second-order valence-electron chi connectivity index (χ2n) is 3.76. The molecule has 1 fully saturated rings. The number of H-pyrrole nitrogens is 1. The Hall–Kier alpha value is -0.730. The minimum absolute atomic E-state index is 0.158. The standard InChI is InChI=1S/C9H11ClN2O4S/c10-4-2-12(9(15)11-8(4)17)7-1-5(14)6(3-13)16-7/h2,5-7,13-14H,1,3H2,(H,11,15,17)/t5-,6+,7+/m0/s1. The lowest BCUT2D eigenvalue weighted by atomic mass is 10.2. The molecule has 0 spiro atoms. The van der Waals surface area contributed by atoms with Crippen LogP contribution in [0.4, 0.5) is 0 Å². The highest BCUT2D eigenvalue weighted by Crippen LogP contribution is 2.27. The van der Waals surface area contributed by atoms with E-state index in [9.17, 15) is 9.90 Å². The molecule has 1 aliphatic heterocycles. The summed E-state index contributed by atoms with van der Waals surface area (Å²) >= 11 is 10.6. The number of ether oxygens (including phenoxy) is 1. The second kappa shape index (κ2) is 4.87. The van der Waals surface area contributed by atoms with Crippen LogP contribution in [0.1, 0.15) is 12.6 Å². The van der Waals surface area contributed by atoms with E-state index in [1.54, 1.807) is 0 Å². The Kier molecular flexibility index (Phi) is 3.64. The van der Waals surface area contributed by atoms with Gasteiger partial charge in [-0.2, -0.15) is 0 Å². The first kappa shape index (κ1) is 12.7. The number of nitrogens with one attached hydrogen (secondary N) is 1. The minimum atomic E-state index is -0.807. The van der Waals surface area contributed by atoms with Gasteiger partial charge in [-0.3, -0.25) is 9.55 Å². The summed E-state index contributed by atoms with van der Waals surface area (Å²) in [5.41, 5.74) is -0.463. The number of nitrogens with zero attached hydrogens (tertiary/aromatic N) is 1. The molecule has 0 aromatic carbocycles. The Morgan fingerprint density at radius 2 is 2.41 bits per heavy atom. The fourth-order valence-corrected chi connectivity index (χ4v) is 2.02. The number of aromatic nitrogens is 2. The van der Waals surface area contributed by atoms with E-state index >= 15 is 0 Å². The first-order valence-electron chi connectivity index (χ1n) is 4.98. The van der Waals surface area contributed by atoms with Gasteiger partial charge in [0.2, 0.25) is 0 Å². The third-order valence-corrected chi connectivity index (χ3v) is 3.34. The lowest BCUT2D eigenvalue weighted by Gasteiger charge is -2.14. The summed E-state index contributed by atoms with van der Waals surface area (Å²) in [5.74, 6) is 0. The van der Waals surface area contributed by atoms with Crippen LogP contribution in [0.25, 0.3) is 0 Å². The van der Waals surface area contributed by atoms with Crippen molar-refractivity contribution in [2.75, 3.05) is 6.61 Å². The van der Waals surface area contributed by atoms with Crippen molar-refractivity contribution in [3.05, 3.63) is 26.3 Å². The normalized spacial score (nSPS) is 28.5. The van der Waals surface area contributed by atoms with Crippen LogP contribution in [-0.2, 0) is 4.74 Å². The van der Waals surface area contributed by atoms with Crippen molar-refractivity contribution in [2.45, 2.75) is 24.9 Å². The average Bonchev–Trinajstić information content (AvgIpc) is 2.65. The van der Waals surface area contributed by atoms with Gasteiger partial charge in [0.05, 0.1) is 17.7 Å². The summed E-state index contributed by atoms with van der Waals surface area (Å²) in [7, 11) is 0. The van der Waals surface area contributed by atoms with Crippen molar-refractivity contribution in [1.82, 2.24) is 9.55 Å². The van der Waals surface area contributed by atoms with Crippen molar-refractivity contribution in [2.24, 2.45) is 0 Å². The average molecular weight is 279 g/mol. The summed E-state index contributed by atoms with van der Waals surface area (Å²) < 4.78 is 6.71. The highest BCUT2D eigenvalue weighted by atomic mass is 35.5. The number of hydrogen-bond donors (Lipinski definition) is 3. The zero-order valence-electron chi connectivity index (χ0n) is 8.67. The van der Waals surface area contributed by atoms with Crippen LogP contribution >= 0.6 is 23.8 Å². The van der Waals surface area contributed by atoms with Crippen molar-refractivity contribution in [3.8, 4) is 0 Å². The van der Waals surface area contributed by atoms with Gasteiger partial charge in [0.25, 0.3) is 0 Å². The molecular formula is C9H11ClN2O4S. The predicted octanol–water partition coefficient (Wildman–Crippen LogP) is 0.200. The first-order valence-corrected chi connectivity index (χ1v) is 5.77. The molecule has 0 bridgehead atoms. The van der Waals surface area contributed by atoms with E-state index in [4.69, 9.17) is 33.7 Å². The largest absolute Gasteiger partial charge is 0.394 e. The molecule has 2 rings (SSSR count). The SMILES string of the molecule is O=c1[nH]c(=S)c(Cl)cn1[C@H]1C[C@H](O)[C@@H](CO)O1. The fourth-order valence-electron chi connectivity index (χ4n) is 1.72. The molecule has 1 saturated heterocycles. The summed E-state index contributed by atoms with van der Waals surface area (Å²) in [6, 6.07) is 0. The Balaban J connectivity index is 2.34. The Morgan fingerprint density at radius 1 is 1.71 bits per heavy atom. The van der Waals surface area contributed by atoms with Crippen LogP contribution in [0.5, 0.6) is 0 Å². The van der Waals surface area contributed by atoms with Gasteiger partial charge >= 0.3 is 5.69 Å². The van der Waals surface area contributed by atoms with Crippen LogP contribution in [0.15, 0.2) is 11.0 Å². The van der Waals surface area contributed by atoms with Gasteiger partial charge in [0.1, 0.15) is 17.0 Å². The monoisotopic (exact) mass is 278 g/mol. The molecule has 0 radical (unpaired) electrons. The molecule has 3 N–H and O–H groups in total. The maximum atomic E-state index is 11.6. The Bertz CT molecular complexity index is 528. The minimum Gasteiger partial charge on any atom is -0.394 e. The van der Waals surface area contributed by atoms with Crippen LogP contribution in [0.2, 0.25) is 5.02 Å². The molecule has 8 heteroatoms. The summed E-state index contributed by atoms with van der Waals surface area (Å²) in [5, 5.41) is 18.7. The number of halogens is 1. The molecule has 94 valence electrons. The molecule has 0 aliphatic carbocycles. The number of rotatable bonds is 2. The molecule has 0 amide bonds. The molecule has 1 aromatic rings. The zero-order chi connectivity index (χ0) is 12.6. The maximum absolute atomic E-state index is 11.6. The topological polar surface area (TPSA) is 87.5 Å². The first-order chi connectivity index (χ1) is 8.02. The van der Waals surface area contributed by atoms with E-state index in [-0.39, 0.29) is 22.7 Å². The van der Waals surface area contributed by atoms with Gasteiger partial charge in [-0.05, 0) is 0 Å². The summed E-state index contributed by atoms with van der Waals surface area (Å²) in [4.78, 5) is 14.0. The number of aliphatic hydroxyl groups is 2. The fraction of sp³-hybridized carbons (Fsp3) is 0.556. The van der Waals surface area contributed by atoms with Crippen LogP contribution in [0, 0.1) is 4.64 Å². The molecule has 0 unspecified atom stereocenters. The van der Waals surface area contributed by atoms with E-state index in [0.29, 0.717) is 0 Å². The third-order valence-electron chi connectivity index (χ3n) is 2.62. The number of aromatic amines is 1. The predicted molar refractivity (Wildman–Crippen MR) is 62.5 cm³/mol. The lowest BCUT2D eigenvalue weighted by Crippen LogP contribution is -2.27. The molecule has 2 heterocycles. The third kappa shape index (κ3) is 2.43. The van der Waals surface area contributed by atoms with Gasteiger partial charge in [-0.25, -0.2) is 4.79 Å². The number of hydrogen-bond acceptors (Lipinski definition) is 5. The van der Waals surface area contributed by atoms with E-state index in [1.165, 1.54) is 10.8 Å². The molecule has 6 nitrogen and oxygen atoms in total.